The predicted molar refractivity (Wildman–Crippen MR) is 106 cm³/mol. The zero-order valence-electron chi connectivity index (χ0n) is 16.3. The fourth-order valence-electron chi connectivity index (χ4n) is 3.36. The van der Waals surface area contributed by atoms with Crippen molar-refractivity contribution in [1.82, 2.24) is 9.88 Å². The Kier molecular flexibility index (Phi) is 6.49. The molecular formula is C21H26N4O3. The van der Waals surface area contributed by atoms with Gasteiger partial charge in [-0.25, -0.2) is 9.78 Å². The summed E-state index contributed by atoms with van der Waals surface area (Å²) in [5, 5.41) is 20.1. The number of aromatic nitrogens is 1. The topological polar surface area (TPSA) is 87.4 Å². The first kappa shape index (κ1) is 20.1. The Balaban J connectivity index is 1.94. The van der Waals surface area contributed by atoms with Gasteiger partial charge in [0.05, 0.1) is 12.2 Å². The minimum Gasteiger partial charge on any atom is -0.462 e. The van der Waals surface area contributed by atoms with Gasteiger partial charge in [-0.1, -0.05) is 30.3 Å². The third kappa shape index (κ3) is 4.61. The molecule has 3 rings (SSSR count). The van der Waals surface area contributed by atoms with Crippen LogP contribution >= 0.6 is 0 Å². The Morgan fingerprint density at radius 3 is 2.64 bits per heavy atom. The van der Waals surface area contributed by atoms with Gasteiger partial charge in [-0.3, -0.25) is 0 Å². The van der Waals surface area contributed by atoms with Crippen molar-refractivity contribution in [3.8, 4) is 0 Å². The Hall–Kier alpha value is -2.64. The predicted octanol–water partition coefficient (Wildman–Crippen LogP) is 3.54. The minimum atomic E-state index is -1.00. The number of benzene rings is 1. The fraction of sp³-hybridized carbons (Fsp3) is 0.429. The van der Waals surface area contributed by atoms with Crippen molar-refractivity contribution in [3.05, 3.63) is 59.8 Å². The molecule has 0 radical (unpaired) electrons. The van der Waals surface area contributed by atoms with E-state index in [4.69, 9.17) is 4.74 Å². The highest BCUT2D eigenvalue weighted by atomic mass is 16.5. The van der Waals surface area contributed by atoms with Crippen molar-refractivity contribution in [2.75, 3.05) is 26.7 Å². The molecule has 1 fully saturated rings. The van der Waals surface area contributed by atoms with Crippen LogP contribution in [0.4, 0.5) is 5.82 Å². The highest BCUT2D eigenvalue weighted by Crippen LogP contribution is 2.38. The van der Waals surface area contributed by atoms with Crippen LogP contribution in [0.5, 0.6) is 0 Å². The average molecular weight is 382 g/mol. The number of carbonyl (C=O) groups is 1. The Labute approximate surface area is 165 Å². The van der Waals surface area contributed by atoms with Gasteiger partial charge < -0.3 is 14.7 Å². The maximum absolute atomic E-state index is 12.2. The third-order valence-corrected chi connectivity index (χ3v) is 5.03. The molecule has 2 aromatic rings. The van der Waals surface area contributed by atoms with Crippen molar-refractivity contribution in [2.24, 2.45) is 10.2 Å². The lowest BCUT2D eigenvalue weighted by atomic mass is 9.81. The molecule has 1 aromatic carbocycles. The summed E-state index contributed by atoms with van der Waals surface area (Å²) in [6, 6.07) is 12.4. The van der Waals surface area contributed by atoms with Crippen LogP contribution in [0.25, 0.3) is 0 Å². The second-order valence-corrected chi connectivity index (χ2v) is 7.03. The van der Waals surface area contributed by atoms with Crippen molar-refractivity contribution in [1.29, 1.82) is 0 Å². The molecule has 1 saturated heterocycles. The van der Waals surface area contributed by atoms with Gasteiger partial charge in [0.1, 0.15) is 11.6 Å². The lowest BCUT2D eigenvalue weighted by Gasteiger charge is -2.39. The summed E-state index contributed by atoms with van der Waals surface area (Å²) in [5.41, 5.74) is 0.137. The highest BCUT2D eigenvalue weighted by Gasteiger charge is 2.40. The van der Waals surface area contributed by atoms with Crippen LogP contribution < -0.4 is 0 Å². The van der Waals surface area contributed by atoms with Crippen molar-refractivity contribution >= 4 is 11.8 Å². The van der Waals surface area contributed by atoms with E-state index in [0.29, 0.717) is 12.8 Å². The average Bonchev–Trinajstić information content (AvgIpc) is 2.72. The molecule has 0 saturated carbocycles. The number of nitrogens with zero attached hydrogens (tertiary/aromatic N) is 4. The van der Waals surface area contributed by atoms with E-state index >= 15 is 0 Å². The number of piperidine rings is 1. The SMILES string of the molecule is CCOC(=O)c1cccnc1N=NC(c1ccccc1)C1(O)CCN(C)CC1. The maximum Gasteiger partial charge on any atom is 0.342 e. The fourth-order valence-corrected chi connectivity index (χ4v) is 3.36. The molecule has 1 N–H and O–H groups in total. The van der Waals surface area contributed by atoms with E-state index in [2.05, 4.69) is 20.1 Å². The van der Waals surface area contributed by atoms with Gasteiger partial charge in [-0.2, -0.15) is 5.11 Å². The highest BCUT2D eigenvalue weighted by molar-refractivity contribution is 5.93. The van der Waals surface area contributed by atoms with Crippen LogP contribution in [-0.2, 0) is 4.74 Å². The van der Waals surface area contributed by atoms with Crippen LogP contribution in [0.3, 0.4) is 0 Å². The monoisotopic (exact) mass is 382 g/mol. The number of likely N-dealkylation sites (tertiary alicyclic amines) is 1. The molecule has 0 spiro atoms. The summed E-state index contributed by atoms with van der Waals surface area (Å²) in [5.74, 6) is -0.294. The zero-order chi connectivity index (χ0) is 20.0. The zero-order valence-corrected chi connectivity index (χ0v) is 16.3. The van der Waals surface area contributed by atoms with Crippen LogP contribution in [-0.4, -0.2) is 53.3 Å². The van der Waals surface area contributed by atoms with Crippen LogP contribution in [0, 0.1) is 0 Å². The van der Waals surface area contributed by atoms with E-state index in [1.807, 2.05) is 37.4 Å². The number of aliphatic hydroxyl groups is 1. The number of esters is 1. The second-order valence-electron chi connectivity index (χ2n) is 7.03. The van der Waals surface area contributed by atoms with E-state index in [-0.39, 0.29) is 18.0 Å². The summed E-state index contributed by atoms with van der Waals surface area (Å²) < 4.78 is 5.07. The smallest absolute Gasteiger partial charge is 0.342 e. The Morgan fingerprint density at radius 1 is 1.25 bits per heavy atom. The second kappa shape index (κ2) is 9.03. The third-order valence-electron chi connectivity index (χ3n) is 5.03. The number of carbonyl (C=O) groups excluding carboxylic acids is 1. The molecule has 1 aliphatic heterocycles. The molecule has 148 valence electrons. The molecule has 1 aliphatic rings. The number of pyridine rings is 1. The first-order chi connectivity index (χ1) is 13.5. The molecule has 1 unspecified atom stereocenters. The van der Waals surface area contributed by atoms with E-state index in [9.17, 15) is 9.90 Å². The molecule has 2 heterocycles. The summed E-state index contributed by atoms with van der Waals surface area (Å²) in [7, 11) is 2.04. The first-order valence-electron chi connectivity index (χ1n) is 9.52. The van der Waals surface area contributed by atoms with Gasteiger partial charge in [0, 0.05) is 19.3 Å². The van der Waals surface area contributed by atoms with E-state index in [0.717, 1.165) is 18.7 Å². The number of hydrogen-bond donors (Lipinski definition) is 1. The summed E-state index contributed by atoms with van der Waals surface area (Å²) in [6.07, 6.45) is 2.74. The molecule has 7 nitrogen and oxygen atoms in total. The number of ether oxygens (including phenoxy) is 1. The van der Waals surface area contributed by atoms with Gasteiger partial charge in [0.2, 0.25) is 0 Å². The van der Waals surface area contributed by atoms with Crippen molar-refractivity contribution in [2.45, 2.75) is 31.4 Å². The van der Waals surface area contributed by atoms with E-state index < -0.39 is 17.6 Å². The maximum atomic E-state index is 12.2. The Morgan fingerprint density at radius 2 is 1.96 bits per heavy atom. The minimum absolute atomic E-state index is 0.193. The molecule has 7 heteroatoms. The van der Waals surface area contributed by atoms with Gasteiger partial charge in [0.25, 0.3) is 0 Å². The van der Waals surface area contributed by atoms with E-state index in [1.54, 1.807) is 25.3 Å². The molecule has 0 aliphatic carbocycles. The van der Waals surface area contributed by atoms with Gasteiger partial charge in [0.15, 0.2) is 5.82 Å². The number of hydrogen-bond acceptors (Lipinski definition) is 7. The summed E-state index contributed by atoms with van der Waals surface area (Å²) >= 11 is 0. The van der Waals surface area contributed by atoms with Gasteiger partial charge in [-0.05, 0) is 44.5 Å². The lowest BCUT2D eigenvalue weighted by molar-refractivity contribution is -0.0379. The van der Waals surface area contributed by atoms with E-state index in [1.165, 1.54) is 0 Å². The quantitative estimate of drug-likeness (QED) is 0.610. The number of azo groups is 1. The van der Waals surface area contributed by atoms with Crippen molar-refractivity contribution in [3.63, 3.8) is 0 Å². The van der Waals surface area contributed by atoms with Crippen molar-refractivity contribution < 1.29 is 14.6 Å². The molecule has 0 amide bonds. The van der Waals surface area contributed by atoms with Gasteiger partial charge >= 0.3 is 5.97 Å². The van der Waals surface area contributed by atoms with Crippen LogP contribution in [0.1, 0.15) is 41.7 Å². The largest absolute Gasteiger partial charge is 0.462 e. The standard InChI is InChI=1S/C21H26N4O3/c1-3-28-20(26)17-10-7-13-22-19(17)24-23-18(16-8-5-4-6-9-16)21(27)11-14-25(2)15-12-21/h4-10,13,18,27H,3,11-12,14-15H2,1-2H3. The lowest BCUT2D eigenvalue weighted by Crippen LogP contribution is -2.46. The Bertz CT molecular complexity index is 817. The molecular weight excluding hydrogens is 356 g/mol. The summed E-state index contributed by atoms with van der Waals surface area (Å²) in [4.78, 5) is 18.5. The van der Waals surface area contributed by atoms with Crippen LogP contribution in [0.2, 0.25) is 0 Å². The van der Waals surface area contributed by atoms with Crippen LogP contribution in [0.15, 0.2) is 58.9 Å². The normalized spacial score (nSPS) is 18.1. The number of rotatable bonds is 6. The van der Waals surface area contributed by atoms with Gasteiger partial charge in [-0.15, -0.1) is 5.11 Å². The molecule has 28 heavy (non-hydrogen) atoms. The summed E-state index contributed by atoms with van der Waals surface area (Å²) in [6.45, 7) is 3.58. The molecule has 0 bridgehead atoms. The molecule has 1 atom stereocenters. The molecule has 1 aromatic heterocycles. The first-order valence-corrected chi connectivity index (χ1v) is 9.52.